The van der Waals surface area contributed by atoms with Gasteiger partial charge in [-0.3, -0.25) is 19.2 Å². The van der Waals surface area contributed by atoms with Crippen LogP contribution in [0.25, 0.3) is 0 Å². The molecule has 0 atom stereocenters. The number of rotatable bonds is 2. The van der Waals surface area contributed by atoms with Crippen LogP contribution in [0.3, 0.4) is 0 Å². The highest BCUT2D eigenvalue weighted by atomic mass is 16.2. The lowest BCUT2D eigenvalue weighted by Crippen LogP contribution is -2.31. The summed E-state index contributed by atoms with van der Waals surface area (Å²) in [6.45, 7) is 10.6. The molecule has 2 aromatic carbocycles. The summed E-state index contributed by atoms with van der Waals surface area (Å²) in [7, 11) is 0. The monoisotopic (exact) mass is 406 g/mol. The number of ketones is 2. The van der Waals surface area contributed by atoms with Gasteiger partial charge < -0.3 is 10.6 Å². The lowest BCUT2D eigenvalue weighted by atomic mass is 9.82. The van der Waals surface area contributed by atoms with Crippen molar-refractivity contribution in [2.45, 2.75) is 41.5 Å². The standard InChI is InChI=1S/C24H26N2O4/c1-23(2,3)21(29)25-15-11-7-9-13-17(15)19(27)14-10-8-12-16(18(14)20(13)28)26-22(30)24(4,5)6/h7-12H,1-6H3,(H,25,29)(H,26,30). The molecule has 0 spiro atoms. The summed E-state index contributed by atoms with van der Waals surface area (Å²) in [5.74, 6) is -1.24. The molecule has 1 aliphatic rings. The van der Waals surface area contributed by atoms with Gasteiger partial charge in [0.2, 0.25) is 11.8 Å². The van der Waals surface area contributed by atoms with Gasteiger partial charge in [0.25, 0.3) is 0 Å². The molecule has 156 valence electrons. The minimum Gasteiger partial charge on any atom is -0.325 e. The Morgan fingerprint density at radius 2 is 0.967 bits per heavy atom. The highest BCUT2D eigenvalue weighted by molar-refractivity contribution is 6.32. The summed E-state index contributed by atoms with van der Waals surface area (Å²) in [6.07, 6.45) is 0. The van der Waals surface area contributed by atoms with Crippen LogP contribution in [-0.2, 0) is 9.59 Å². The average Bonchev–Trinajstić information content (AvgIpc) is 2.64. The maximum Gasteiger partial charge on any atom is 0.229 e. The number of anilines is 2. The van der Waals surface area contributed by atoms with Crippen molar-refractivity contribution in [1.29, 1.82) is 0 Å². The van der Waals surface area contributed by atoms with Crippen LogP contribution in [0.4, 0.5) is 11.4 Å². The summed E-state index contributed by atoms with van der Waals surface area (Å²) in [6, 6.07) is 9.61. The molecule has 6 nitrogen and oxygen atoms in total. The molecule has 2 N–H and O–H groups in total. The highest BCUT2D eigenvalue weighted by Crippen LogP contribution is 2.36. The van der Waals surface area contributed by atoms with Gasteiger partial charge in [0.1, 0.15) is 0 Å². The second-order valence-corrected chi connectivity index (χ2v) is 9.52. The van der Waals surface area contributed by atoms with E-state index in [2.05, 4.69) is 10.6 Å². The van der Waals surface area contributed by atoms with Crippen molar-refractivity contribution >= 4 is 34.8 Å². The van der Waals surface area contributed by atoms with E-state index in [4.69, 9.17) is 0 Å². The Morgan fingerprint density at radius 1 is 0.633 bits per heavy atom. The maximum atomic E-state index is 13.3. The van der Waals surface area contributed by atoms with E-state index in [9.17, 15) is 19.2 Å². The molecule has 3 rings (SSSR count). The molecule has 2 amide bonds. The van der Waals surface area contributed by atoms with Crippen LogP contribution in [0.15, 0.2) is 36.4 Å². The Balaban J connectivity index is 2.10. The van der Waals surface area contributed by atoms with Gasteiger partial charge in [0.05, 0.1) is 22.5 Å². The number of carbonyl (C=O) groups excluding carboxylic acids is 4. The second kappa shape index (κ2) is 7.20. The molecule has 0 radical (unpaired) electrons. The molecule has 6 heteroatoms. The number of carbonyl (C=O) groups is 4. The van der Waals surface area contributed by atoms with E-state index in [0.29, 0.717) is 11.4 Å². The number of amides is 2. The fraction of sp³-hybridized carbons (Fsp3) is 0.333. The molecule has 0 aromatic heterocycles. The fourth-order valence-electron chi connectivity index (χ4n) is 3.07. The summed E-state index contributed by atoms with van der Waals surface area (Å²) >= 11 is 0. The van der Waals surface area contributed by atoms with Crippen molar-refractivity contribution in [2.24, 2.45) is 10.8 Å². The SMILES string of the molecule is CC(C)(C)C(=O)Nc1cccc2c1C(=O)c1cccc(NC(=O)C(C)(C)C)c1C2=O. The third-order valence-corrected chi connectivity index (χ3v) is 4.93. The van der Waals surface area contributed by atoms with Crippen molar-refractivity contribution in [1.82, 2.24) is 0 Å². The average molecular weight is 406 g/mol. The topological polar surface area (TPSA) is 92.3 Å². The quantitative estimate of drug-likeness (QED) is 0.658. The molecule has 0 bridgehead atoms. The van der Waals surface area contributed by atoms with E-state index < -0.39 is 10.8 Å². The van der Waals surface area contributed by atoms with Crippen LogP contribution in [0.5, 0.6) is 0 Å². The van der Waals surface area contributed by atoms with Crippen LogP contribution >= 0.6 is 0 Å². The first-order valence-electron chi connectivity index (χ1n) is 9.80. The summed E-state index contributed by atoms with van der Waals surface area (Å²) < 4.78 is 0. The van der Waals surface area contributed by atoms with Crippen molar-refractivity contribution in [3.8, 4) is 0 Å². The maximum absolute atomic E-state index is 13.3. The Labute approximate surface area is 176 Å². The predicted octanol–water partition coefficient (Wildman–Crippen LogP) is 4.43. The highest BCUT2D eigenvalue weighted by Gasteiger charge is 2.35. The minimum atomic E-state index is -0.660. The normalized spacial score (nSPS) is 13.4. The second-order valence-electron chi connectivity index (χ2n) is 9.52. The molecule has 0 heterocycles. The zero-order valence-electron chi connectivity index (χ0n) is 18.1. The van der Waals surface area contributed by atoms with Crippen molar-refractivity contribution in [3.05, 3.63) is 58.7 Å². The van der Waals surface area contributed by atoms with Crippen molar-refractivity contribution in [3.63, 3.8) is 0 Å². The summed E-state index contributed by atoms with van der Waals surface area (Å²) in [4.78, 5) is 51.6. The van der Waals surface area contributed by atoms with Crippen LogP contribution in [0.1, 0.15) is 73.4 Å². The number of hydrogen-bond acceptors (Lipinski definition) is 4. The molecule has 0 aliphatic heterocycles. The Morgan fingerprint density at radius 3 is 1.27 bits per heavy atom. The molecule has 0 unspecified atom stereocenters. The molecule has 0 fully saturated rings. The van der Waals surface area contributed by atoms with Crippen LogP contribution in [0.2, 0.25) is 0 Å². The zero-order valence-corrected chi connectivity index (χ0v) is 18.1. The van der Waals surface area contributed by atoms with Gasteiger partial charge in [-0.2, -0.15) is 0 Å². The Kier molecular flexibility index (Phi) is 5.14. The van der Waals surface area contributed by atoms with Gasteiger partial charge in [-0.1, -0.05) is 65.8 Å². The van der Waals surface area contributed by atoms with Gasteiger partial charge in [0, 0.05) is 22.0 Å². The lowest BCUT2D eigenvalue weighted by Gasteiger charge is -2.25. The van der Waals surface area contributed by atoms with Crippen molar-refractivity contribution in [2.75, 3.05) is 10.6 Å². The molecule has 0 saturated carbocycles. The molecule has 30 heavy (non-hydrogen) atoms. The third kappa shape index (κ3) is 3.77. The Bertz CT molecular complexity index is 998. The van der Waals surface area contributed by atoms with Gasteiger partial charge in [-0.25, -0.2) is 0 Å². The molecule has 2 aromatic rings. The lowest BCUT2D eigenvalue weighted by molar-refractivity contribution is -0.123. The van der Waals surface area contributed by atoms with E-state index in [1.54, 1.807) is 77.9 Å². The number of hydrogen-bond donors (Lipinski definition) is 2. The van der Waals surface area contributed by atoms with E-state index >= 15 is 0 Å². The van der Waals surface area contributed by atoms with Gasteiger partial charge in [-0.15, -0.1) is 0 Å². The molecular weight excluding hydrogens is 380 g/mol. The smallest absolute Gasteiger partial charge is 0.229 e. The Hall–Kier alpha value is -3.28. The molecular formula is C24H26N2O4. The van der Waals surface area contributed by atoms with Crippen LogP contribution in [0, 0.1) is 10.8 Å². The van der Waals surface area contributed by atoms with Gasteiger partial charge >= 0.3 is 0 Å². The molecule has 0 saturated heterocycles. The van der Waals surface area contributed by atoms with Crippen molar-refractivity contribution < 1.29 is 19.2 Å². The third-order valence-electron chi connectivity index (χ3n) is 4.93. The van der Waals surface area contributed by atoms with E-state index in [-0.39, 0.29) is 45.6 Å². The summed E-state index contributed by atoms with van der Waals surface area (Å²) in [5.41, 5.74) is 0.0488. The van der Waals surface area contributed by atoms with E-state index in [1.807, 2.05) is 0 Å². The first-order valence-corrected chi connectivity index (χ1v) is 9.80. The van der Waals surface area contributed by atoms with E-state index in [1.165, 1.54) is 0 Å². The first-order chi connectivity index (χ1) is 13.8. The van der Waals surface area contributed by atoms with E-state index in [0.717, 1.165) is 0 Å². The van der Waals surface area contributed by atoms with Crippen LogP contribution in [-0.4, -0.2) is 23.4 Å². The van der Waals surface area contributed by atoms with Crippen LogP contribution < -0.4 is 10.6 Å². The van der Waals surface area contributed by atoms with Gasteiger partial charge in [-0.05, 0) is 12.1 Å². The fourth-order valence-corrected chi connectivity index (χ4v) is 3.07. The summed E-state index contributed by atoms with van der Waals surface area (Å²) in [5, 5.41) is 5.55. The first kappa shape index (κ1) is 21.4. The molecule has 1 aliphatic carbocycles. The predicted molar refractivity (Wildman–Crippen MR) is 116 cm³/mol. The minimum absolute atomic E-state index is 0.173. The zero-order chi connectivity index (χ0) is 22.4. The number of fused-ring (bicyclic) bond motifs is 2. The number of benzene rings is 2. The van der Waals surface area contributed by atoms with Gasteiger partial charge in [0.15, 0.2) is 11.6 Å². The largest absolute Gasteiger partial charge is 0.325 e. The number of nitrogens with one attached hydrogen (secondary N) is 2.